The van der Waals surface area contributed by atoms with Crippen molar-refractivity contribution in [2.24, 2.45) is 0 Å². The SMILES string of the molecule is O=C(OCc1ccccc1)c1ccc(-n2cncn2)nc1. The van der Waals surface area contributed by atoms with Crippen LogP contribution >= 0.6 is 0 Å². The van der Waals surface area contributed by atoms with Gasteiger partial charge < -0.3 is 4.74 Å². The zero-order valence-electron chi connectivity index (χ0n) is 11.1. The van der Waals surface area contributed by atoms with E-state index in [1.807, 2.05) is 30.3 Å². The van der Waals surface area contributed by atoms with Crippen molar-refractivity contribution in [2.75, 3.05) is 0 Å². The highest BCUT2D eigenvalue weighted by Gasteiger charge is 2.08. The van der Waals surface area contributed by atoms with Crippen LogP contribution in [0, 0.1) is 0 Å². The van der Waals surface area contributed by atoms with Crippen molar-refractivity contribution < 1.29 is 9.53 Å². The van der Waals surface area contributed by atoms with Gasteiger partial charge >= 0.3 is 5.97 Å². The average molecular weight is 280 g/mol. The maximum Gasteiger partial charge on any atom is 0.340 e. The summed E-state index contributed by atoms with van der Waals surface area (Å²) in [6.07, 6.45) is 4.42. The lowest BCUT2D eigenvalue weighted by molar-refractivity contribution is 0.0472. The Bertz CT molecular complexity index is 709. The van der Waals surface area contributed by atoms with Gasteiger partial charge in [0, 0.05) is 6.20 Å². The highest BCUT2D eigenvalue weighted by atomic mass is 16.5. The Kier molecular flexibility index (Phi) is 3.68. The molecule has 0 saturated heterocycles. The molecule has 0 aliphatic heterocycles. The van der Waals surface area contributed by atoms with E-state index in [2.05, 4.69) is 15.1 Å². The van der Waals surface area contributed by atoms with Gasteiger partial charge in [0.15, 0.2) is 5.82 Å². The quantitative estimate of drug-likeness (QED) is 0.684. The Morgan fingerprint density at radius 3 is 2.67 bits per heavy atom. The molecule has 0 amide bonds. The summed E-state index contributed by atoms with van der Waals surface area (Å²) in [5.74, 6) is 0.184. The van der Waals surface area contributed by atoms with Crippen molar-refractivity contribution in [3.8, 4) is 5.82 Å². The minimum atomic E-state index is -0.406. The highest BCUT2D eigenvalue weighted by molar-refractivity contribution is 5.89. The third kappa shape index (κ3) is 3.11. The number of rotatable bonds is 4. The first-order valence-electron chi connectivity index (χ1n) is 6.35. The molecule has 0 unspecified atom stereocenters. The Labute approximate surface area is 121 Å². The molecule has 6 nitrogen and oxygen atoms in total. The summed E-state index contributed by atoms with van der Waals surface area (Å²) in [6.45, 7) is 0.241. The molecule has 1 aromatic carbocycles. The number of pyridine rings is 1. The monoisotopic (exact) mass is 280 g/mol. The van der Waals surface area contributed by atoms with Crippen LogP contribution in [0.1, 0.15) is 15.9 Å². The van der Waals surface area contributed by atoms with Crippen LogP contribution in [0.2, 0.25) is 0 Å². The smallest absolute Gasteiger partial charge is 0.340 e. The molecular weight excluding hydrogens is 268 g/mol. The number of hydrogen-bond donors (Lipinski definition) is 0. The molecule has 2 heterocycles. The molecule has 2 aromatic heterocycles. The number of benzene rings is 1. The molecule has 0 atom stereocenters. The number of esters is 1. The van der Waals surface area contributed by atoms with Crippen LogP contribution in [0.4, 0.5) is 0 Å². The Morgan fingerprint density at radius 1 is 1.14 bits per heavy atom. The summed E-state index contributed by atoms with van der Waals surface area (Å²) in [4.78, 5) is 19.9. The van der Waals surface area contributed by atoms with Crippen molar-refractivity contribution in [1.82, 2.24) is 19.7 Å². The normalized spacial score (nSPS) is 10.3. The van der Waals surface area contributed by atoms with Crippen molar-refractivity contribution in [3.63, 3.8) is 0 Å². The van der Waals surface area contributed by atoms with Crippen LogP contribution in [0.25, 0.3) is 5.82 Å². The molecule has 104 valence electrons. The van der Waals surface area contributed by atoms with Crippen molar-refractivity contribution >= 4 is 5.97 Å². The number of carbonyl (C=O) groups excluding carboxylic acids is 1. The zero-order chi connectivity index (χ0) is 14.5. The molecule has 0 aliphatic rings. The maximum absolute atomic E-state index is 11.9. The van der Waals surface area contributed by atoms with E-state index in [4.69, 9.17) is 4.74 Å². The van der Waals surface area contributed by atoms with Crippen molar-refractivity contribution in [1.29, 1.82) is 0 Å². The van der Waals surface area contributed by atoms with E-state index < -0.39 is 5.97 Å². The minimum Gasteiger partial charge on any atom is -0.457 e. The van der Waals surface area contributed by atoms with Gasteiger partial charge in [0.1, 0.15) is 19.3 Å². The molecule has 0 radical (unpaired) electrons. The fraction of sp³-hybridized carbons (Fsp3) is 0.0667. The maximum atomic E-state index is 11.9. The minimum absolute atomic E-state index is 0.241. The Morgan fingerprint density at radius 2 is 2.00 bits per heavy atom. The molecule has 6 heteroatoms. The van der Waals surface area contributed by atoms with E-state index in [-0.39, 0.29) is 6.61 Å². The standard InChI is InChI=1S/C15H12N4O2/c20-15(21-9-12-4-2-1-3-5-12)13-6-7-14(17-8-13)19-11-16-10-18-19/h1-8,10-11H,9H2. The summed E-state index contributed by atoms with van der Waals surface area (Å²) in [5, 5.41) is 3.96. The second-order valence-electron chi connectivity index (χ2n) is 4.31. The Balaban J connectivity index is 1.65. The molecule has 0 aliphatic carbocycles. The van der Waals surface area contributed by atoms with E-state index in [9.17, 15) is 4.79 Å². The van der Waals surface area contributed by atoms with Crippen molar-refractivity contribution in [3.05, 3.63) is 72.4 Å². The van der Waals surface area contributed by atoms with E-state index in [1.165, 1.54) is 23.5 Å². The number of nitrogens with zero attached hydrogens (tertiary/aromatic N) is 4. The van der Waals surface area contributed by atoms with Gasteiger partial charge in [0.05, 0.1) is 5.56 Å². The Hall–Kier alpha value is -3.02. The number of aromatic nitrogens is 4. The summed E-state index contributed by atoms with van der Waals surface area (Å²) in [5.41, 5.74) is 1.34. The molecule has 0 bridgehead atoms. The first kappa shape index (κ1) is 13.0. The van der Waals surface area contributed by atoms with Crippen LogP contribution in [0.5, 0.6) is 0 Å². The lowest BCUT2D eigenvalue weighted by atomic mass is 10.2. The van der Waals surface area contributed by atoms with E-state index in [0.29, 0.717) is 11.4 Å². The van der Waals surface area contributed by atoms with E-state index in [0.717, 1.165) is 5.56 Å². The molecule has 21 heavy (non-hydrogen) atoms. The first-order valence-corrected chi connectivity index (χ1v) is 6.35. The van der Waals surface area contributed by atoms with Gasteiger partial charge in [-0.2, -0.15) is 5.10 Å². The number of carbonyl (C=O) groups is 1. The second-order valence-corrected chi connectivity index (χ2v) is 4.31. The predicted molar refractivity (Wildman–Crippen MR) is 74.7 cm³/mol. The number of ether oxygens (including phenoxy) is 1. The van der Waals surface area contributed by atoms with Crippen LogP contribution in [0.3, 0.4) is 0 Å². The van der Waals surface area contributed by atoms with Gasteiger partial charge in [-0.05, 0) is 17.7 Å². The summed E-state index contributed by atoms with van der Waals surface area (Å²) in [6, 6.07) is 12.9. The first-order chi connectivity index (χ1) is 10.3. The largest absolute Gasteiger partial charge is 0.457 e. The van der Waals surface area contributed by atoms with Crippen LogP contribution in [0.15, 0.2) is 61.3 Å². The van der Waals surface area contributed by atoms with Gasteiger partial charge in [-0.3, -0.25) is 0 Å². The topological polar surface area (TPSA) is 69.9 Å². The number of hydrogen-bond acceptors (Lipinski definition) is 5. The lowest BCUT2D eigenvalue weighted by Crippen LogP contribution is -2.07. The average Bonchev–Trinajstić information content (AvgIpc) is 3.08. The van der Waals surface area contributed by atoms with Crippen LogP contribution in [-0.2, 0) is 11.3 Å². The highest BCUT2D eigenvalue weighted by Crippen LogP contribution is 2.07. The summed E-state index contributed by atoms with van der Waals surface area (Å²) >= 11 is 0. The van der Waals surface area contributed by atoms with Gasteiger partial charge in [0.25, 0.3) is 0 Å². The molecule has 0 fully saturated rings. The molecule has 0 saturated carbocycles. The fourth-order valence-corrected chi connectivity index (χ4v) is 1.78. The summed E-state index contributed by atoms with van der Waals surface area (Å²) < 4.78 is 6.74. The van der Waals surface area contributed by atoms with Gasteiger partial charge in [-0.1, -0.05) is 30.3 Å². The van der Waals surface area contributed by atoms with Gasteiger partial charge in [-0.25, -0.2) is 19.4 Å². The van der Waals surface area contributed by atoms with Gasteiger partial charge in [-0.15, -0.1) is 0 Å². The second kappa shape index (κ2) is 5.96. The molecule has 3 aromatic rings. The van der Waals surface area contributed by atoms with Crippen LogP contribution in [-0.4, -0.2) is 25.7 Å². The third-order valence-corrected chi connectivity index (χ3v) is 2.85. The molecule has 3 rings (SSSR count). The zero-order valence-corrected chi connectivity index (χ0v) is 11.1. The van der Waals surface area contributed by atoms with Crippen molar-refractivity contribution in [2.45, 2.75) is 6.61 Å². The molecular formula is C15H12N4O2. The van der Waals surface area contributed by atoms with Crippen LogP contribution < -0.4 is 0 Å². The predicted octanol–water partition coefficient (Wildman–Crippen LogP) is 2.02. The van der Waals surface area contributed by atoms with Gasteiger partial charge in [0.2, 0.25) is 0 Å². The third-order valence-electron chi connectivity index (χ3n) is 2.85. The summed E-state index contributed by atoms with van der Waals surface area (Å²) in [7, 11) is 0. The van der Waals surface area contributed by atoms with E-state index in [1.54, 1.807) is 12.1 Å². The fourth-order valence-electron chi connectivity index (χ4n) is 1.78. The molecule has 0 N–H and O–H groups in total. The van der Waals surface area contributed by atoms with E-state index >= 15 is 0 Å². The molecule has 0 spiro atoms. The lowest BCUT2D eigenvalue weighted by Gasteiger charge is -2.05.